The molecule has 1 aromatic rings. The largest absolute Gasteiger partial charge is 1.00 e. The van der Waals surface area contributed by atoms with Crippen LogP contribution in [0.4, 0.5) is 4.39 Å². The Bertz CT molecular complexity index is 772. The maximum absolute atomic E-state index is 14.4. The van der Waals surface area contributed by atoms with Gasteiger partial charge in [-0.2, -0.15) is 9.98 Å². The standard InChI is InChI=1S/C17H19ClFN5.ClH/c1-10(17(2,3)4)23-15-11(8-20-16-21-9-22-24(15)16)14-12(18)6-5-7-13(14)19;/h5-10,23H,1-4H3;1H. The van der Waals surface area contributed by atoms with Gasteiger partial charge in [-0.25, -0.2) is 4.39 Å². The number of aliphatic imine (C=N–C) groups is 2. The Hall–Kier alpha value is -1.76. The molecular formula is C17H20Cl2FN5. The van der Waals surface area contributed by atoms with E-state index in [-0.39, 0.29) is 23.9 Å². The van der Waals surface area contributed by atoms with Crippen molar-refractivity contribution >= 4 is 35.7 Å². The minimum Gasteiger partial charge on any atom is -1.00 e. The number of rotatable bonds is 3. The topological polar surface area (TPSA) is 53.5 Å². The van der Waals surface area contributed by atoms with Crippen LogP contribution in [0.2, 0.25) is 5.02 Å². The molecule has 2 N–H and O–H groups in total. The van der Waals surface area contributed by atoms with E-state index < -0.39 is 5.82 Å². The number of allylic oxidation sites excluding steroid dienone is 1. The number of fused-ring (bicyclic) bond motifs is 1. The van der Waals surface area contributed by atoms with Gasteiger partial charge in [0.05, 0.1) is 16.8 Å². The molecule has 0 bridgehead atoms. The lowest BCUT2D eigenvalue weighted by Gasteiger charge is -2.31. The van der Waals surface area contributed by atoms with Gasteiger partial charge in [0.15, 0.2) is 6.34 Å². The van der Waals surface area contributed by atoms with E-state index in [1.165, 1.54) is 12.4 Å². The van der Waals surface area contributed by atoms with Crippen molar-refractivity contribution in [1.29, 1.82) is 0 Å². The maximum atomic E-state index is 14.4. The molecule has 0 saturated heterocycles. The van der Waals surface area contributed by atoms with Crippen molar-refractivity contribution in [3.05, 3.63) is 40.4 Å². The normalized spacial score (nSPS) is 20.1. The SMILES string of the molecule is CC(NC1=C(c2c(F)cccc2Cl)C=NC2=NC=N[NH+]21)C(C)(C)C.[Cl-]. The van der Waals surface area contributed by atoms with Crippen LogP contribution in [0.1, 0.15) is 33.3 Å². The molecule has 2 unspecified atom stereocenters. The second-order valence-electron chi connectivity index (χ2n) is 6.92. The van der Waals surface area contributed by atoms with Gasteiger partial charge in [-0.3, -0.25) is 0 Å². The van der Waals surface area contributed by atoms with Crippen molar-refractivity contribution in [2.45, 2.75) is 33.7 Å². The molecular weight excluding hydrogens is 364 g/mol. The summed E-state index contributed by atoms with van der Waals surface area (Å²) >= 11 is 6.26. The summed E-state index contributed by atoms with van der Waals surface area (Å²) in [6.45, 7) is 8.48. The highest BCUT2D eigenvalue weighted by atomic mass is 35.5. The molecule has 2 atom stereocenters. The van der Waals surface area contributed by atoms with Gasteiger partial charge in [0.25, 0.3) is 0 Å². The fourth-order valence-corrected chi connectivity index (χ4v) is 2.64. The van der Waals surface area contributed by atoms with Crippen LogP contribution in [-0.4, -0.2) is 24.6 Å². The van der Waals surface area contributed by atoms with Gasteiger partial charge >= 0.3 is 5.96 Å². The molecule has 0 aliphatic carbocycles. The Balaban J connectivity index is 0.00000225. The summed E-state index contributed by atoms with van der Waals surface area (Å²) in [7, 11) is 0. The molecule has 1 aromatic carbocycles. The molecule has 0 fully saturated rings. The zero-order valence-electron chi connectivity index (χ0n) is 14.4. The fourth-order valence-electron chi connectivity index (χ4n) is 2.37. The molecule has 2 aliphatic heterocycles. The monoisotopic (exact) mass is 383 g/mol. The molecule has 3 rings (SSSR count). The van der Waals surface area contributed by atoms with Gasteiger partial charge in [0, 0.05) is 11.6 Å². The molecule has 0 saturated carbocycles. The minimum atomic E-state index is -0.394. The zero-order valence-corrected chi connectivity index (χ0v) is 16.0. The van der Waals surface area contributed by atoms with Crippen molar-refractivity contribution in [1.82, 2.24) is 5.32 Å². The van der Waals surface area contributed by atoms with Crippen molar-refractivity contribution in [3.8, 4) is 0 Å². The highest BCUT2D eigenvalue weighted by Crippen LogP contribution is 2.28. The zero-order chi connectivity index (χ0) is 17.5. The molecule has 25 heavy (non-hydrogen) atoms. The summed E-state index contributed by atoms with van der Waals surface area (Å²) in [6.07, 6.45) is 3.05. The van der Waals surface area contributed by atoms with E-state index in [9.17, 15) is 4.39 Å². The number of nitrogens with one attached hydrogen (secondary N) is 2. The summed E-state index contributed by atoms with van der Waals surface area (Å²) in [4.78, 5) is 8.43. The number of nitrogens with zero attached hydrogens (tertiary/aromatic N) is 3. The van der Waals surface area contributed by atoms with E-state index in [0.717, 1.165) is 0 Å². The number of benzene rings is 1. The van der Waals surface area contributed by atoms with E-state index in [0.29, 0.717) is 32.9 Å². The molecule has 8 heteroatoms. The molecule has 0 radical (unpaired) electrons. The highest BCUT2D eigenvalue weighted by molar-refractivity contribution is 6.34. The number of hydrogen-bond acceptors (Lipinski definition) is 4. The lowest BCUT2D eigenvalue weighted by Crippen LogP contribution is -3.09. The highest BCUT2D eigenvalue weighted by Gasteiger charge is 2.36. The van der Waals surface area contributed by atoms with Crippen LogP contribution in [0.5, 0.6) is 0 Å². The molecule has 134 valence electrons. The van der Waals surface area contributed by atoms with E-state index in [2.05, 4.69) is 48.1 Å². The predicted octanol–water partition coefficient (Wildman–Crippen LogP) is -0.542. The van der Waals surface area contributed by atoms with Crippen LogP contribution in [0.15, 0.2) is 39.1 Å². The summed E-state index contributed by atoms with van der Waals surface area (Å²) in [5, 5.41) is 8.71. The molecule has 0 spiro atoms. The first-order valence-corrected chi connectivity index (χ1v) is 8.14. The third kappa shape index (κ3) is 3.76. The van der Waals surface area contributed by atoms with Gasteiger partial charge in [0.2, 0.25) is 5.82 Å². The van der Waals surface area contributed by atoms with Crippen molar-refractivity contribution in [2.24, 2.45) is 20.5 Å². The quantitative estimate of drug-likeness (QED) is 0.723. The van der Waals surface area contributed by atoms with Gasteiger partial charge in [0.1, 0.15) is 5.82 Å². The fraction of sp³-hybridized carbons (Fsp3) is 0.353. The second kappa shape index (κ2) is 7.23. The Morgan fingerprint density at radius 3 is 2.64 bits per heavy atom. The number of halogens is 3. The first-order valence-electron chi connectivity index (χ1n) is 7.76. The van der Waals surface area contributed by atoms with E-state index in [1.54, 1.807) is 18.3 Å². The van der Waals surface area contributed by atoms with Crippen molar-refractivity contribution in [3.63, 3.8) is 0 Å². The number of guanidine groups is 1. The molecule has 2 heterocycles. The Kier molecular flexibility index (Phi) is 5.66. The summed E-state index contributed by atoms with van der Waals surface area (Å²) in [5.74, 6) is 0.830. The third-order valence-corrected chi connectivity index (χ3v) is 4.61. The molecule has 5 nitrogen and oxygen atoms in total. The maximum Gasteiger partial charge on any atom is 0.362 e. The third-order valence-electron chi connectivity index (χ3n) is 4.29. The van der Waals surface area contributed by atoms with Crippen molar-refractivity contribution < 1.29 is 21.8 Å². The Labute approximate surface area is 157 Å². The summed E-state index contributed by atoms with van der Waals surface area (Å²) in [6, 6.07) is 4.75. The lowest BCUT2D eigenvalue weighted by molar-refractivity contribution is -0.771. The van der Waals surface area contributed by atoms with Crippen LogP contribution < -0.4 is 22.7 Å². The van der Waals surface area contributed by atoms with Gasteiger partial charge in [-0.1, -0.05) is 48.5 Å². The van der Waals surface area contributed by atoms with Gasteiger partial charge in [-0.15, -0.1) is 0 Å². The van der Waals surface area contributed by atoms with Crippen molar-refractivity contribution in [2.75, 3.05) is 0 Å². The lowest BCUT2D eigenvalue weighted by atomic mass is 9.88. The van der Waals surface area contributed by atoms with E-state index in [4.69, 9.17) is 11.6 Å². The van der Waals surface area contributed by atoms with E-state index >= 15 is 0 Å². The molecule has 2 aliphatic rings. The first kappa shape index (κ1) is 19.6. The number of quaternary nitrogens is 1. The van der Waals surface area contributed by atoms with Crippen LogP contribution in [0, 0.1) is 11.2 Å². The average molecular weight is 384 g/mol. The predicted molar refractivity (Wildman–Crippen MR) is 95.8 cm³/mol. The average Bonchev–Trinajstić information content (AvgIpc) is 2.96. The van der Waals surface area contributed by atoms with Crippen LogP contribution >= 0.6 is 11.6 Å². The molecule has 0 amide bonds. The first-order chi connectivity index (χ1) is 11.3. The smallest absolute Gasteiger partial charge is 0.362 e. The van der Waals surface area contributed by atoms with Gasteiger partial charge in [-0.05, 0) is 24.5 Å². The number of hydrogen-bond donors (Lipinski definition) is 2. The molecule has 0 aromatic heterocycles. The van der Waals surface area contributed by atoms with Crippen LogP contribution in [0.25, 0.3) is 5.57 Å². The summed E-state index contributed by atoms with van der Waals surface area (Å²) < 4.78 is 14.4. The Morgan fingerprint density at radius 1 is 1.28 bits per heavy atom. The second-order valence-corrected chi connectivity index (χ2v) is 7.33. The minimum absolute atomic E-state index is 0. The van der Waals surface area contributed by atoms with E-state index in [1.807, 2.05) is 0 Å². The van der Waals surface area contributed by atoms with Gasteiger partial charge < -0.3 is 17.7 Å². The van der Waals surface area contributed by atoms with Crippen LogP contribution in [-0.2, 0) is 0 Å². The van der Waals surface area contributed by atoms with Crippen LogP contribution in [0.3, 0.4) is 0 Å². The summed E-state index contributed by atoms with van der Waals surface area (Å²) in [5.41, 5.74) is 0.911. The Morgan fingerprint density at radius 2 is 2.00 bits per heavy atom.